The molecule has 0 spiro atoms. The van der Waals surface area contributed by atoms with Crippen molar-refractivity contribution in [1.29, 1.82) is 0 Å². The lowest BCUT2D eigenvalue weighted by Crippen LogP contribution is -1.98. The van der Waals surface area contributed by atoms with Gasteiger partial charge in [-0.15, -0.1) is 5.10 Å². The van der Waals surface area contributed by atoms with Crippen molar-refractivity contribution in [3.63, 3.8) is 0 Å². The molecule has 1 heterocycles. The number of aryl methyl sites for hydroxylation is 1. The first-order valence-electron chi connectivity index (χ1n) is 6.47. The average Bonchev–Trinajstić information content (AvgIpc) is 2.51. The molecule has 1 aromatic heterocycles. The highest BCUT2D eigenvalue weighted by Crippen LogP contribution is 2.28. The van der Waals surface area contributed by atoms with E-state index in [2.05, 4.69) is 10.2 Å². The lowest BCUT2D eigenvalue weighted by Gasteiger charge is -2.09. The number of hydrogen-bond acceptors (Lipinski definition) is 4. The Morgan fingerprint density at radius 3 is 2.60 bits per heavy atom. The second kappa shape index (κ2) is 5.27. The Labute approximate surface area is 117 Å². The second-order valence-electron chi connectivity index (χ2n) is 4.59. The number of hydrogen-bond donors (Lipinski definition) is 1. The summed E-state index contributed by atoms with van der Waals surface area (Å²) < 4.78 is 5.86. The standard InChI is InChI=1S/C16H15N3O/c1-11-14-7-2-3-8-15(14)16(19-18-11)20-13-6-4-5-12(9-13)10-17/h2-9H,10,17H2,1H3. The summed E-state index contributed by atoms with van der Waals surface area (Å²) in [6.45, 7) is 2.42. The molecular formula is C16H15N3O. The fourth-order valence-electron chi connectivity index (χ4n) is 2.14. The third-order valence-corrected chi connectivity index (χ3v) is 3.19. The van der Waals surface area contributed by atoms with Crippen LogP contribution in [0, 0.1) is 6.92 Å². The number of ether oxygens (including phenoxy) is 1. The molecule has 0 fully saturated rings. The molecule has 100 valence electrons. The number of nitrogens with zero attached hydrogens (tertiary/aromatic N) is 2. The molecule has 0 aliphatic carbocycles. The Bertz CT molecular complexity index is 756. The summed E-state index contributed by atoms with van der Waals surface area (Å²) >= 11 is 0. The van der Waals surface area contributed by atoms with E-state index in [-0.39, 0.29) is 0 Å². The molecule has 0 unspecified atom stereocenters. The van der Waals surface area contributed by atoms with Gasteiger partial charge in [-0.3, -0.25) is 0 Å². The molecule has 3 rings (SSSR count). The van der Waals surface area contributed by atoms with Crippen LogP contribution in [0.3, 0.4) is 0 Å². The van der Waals surface area contributed by atoms with Crippen molar-refractivity contribution in [3.8, 4) is 11.6 Å². The molecule has 0 bridgehead atoms. The molecule has 20 heavy (non-hydrogen) atoms. The van der Waals surface area contributed by atoms with Crippen LogP contribution in [0.1, 0.15) is 11.3 Å². The van der Waals surface area contributed by atoms with Crippen LogP contribution in [0.25, 0.3) is 10.8 Å². The van der Waals surface area contributed by atoms with Gasteiger partial charge in [0.2, 0.25) is 5.88 Å². The summed E-state index contributed by atoms with van der Waals surface area (Å²) in [5.41, 5.74) is 7.55. The van der Waals surface area contributed by atoms with Crippen LogP contribution in [0.5, 0.6) is 11.6 Å². The van der Waals surface area contributed by atoms with E-state index in [0.29, 0.717) is 12.4 Å². The number of rotatable bonds is 3. The van der Waals surface area contributed by atoms with Crippen LogP contribution in [-0.4, -0.2) is 10.2 Å². The van der Waals surface area contributed by atoms with E-state index < -0.39 is 0 Å². The Balaban J connectivity index is 2.04. The molecule has 0 saturated carbocycles. The van der Waals surface area contributed by atoms with Crippen molar-refractivity contribution in [3.05, 3.63) is 59.8 Å². The van der Waals surface area contributed by atoms with E-state index in [4.69, 9.17) is 10.5 Å². The van der Waals surface area contributed by atoms with Crippen LogP contribution in [0.4, 0.5) is 0 Å². The second-order valence-corrected chi connectivity index (χ2v) is 4.59. The number of fused-ring (bicyclic) bond motifs is 1. The van der Waals surface area contributed by atoms with Gasteiger partial charge in [-0.2, -0.15) is 5.10 Å². The Hall–Kier alpha value is -2.46. The van der Waals surface area contributed by atoms with E-state index >= 15 is 0 Å². The van der Waals surface area contributed by atoms with Gasteiger partial charge in [-0.05, 0) is 30.7 Å². The highest BCUT2D eigenvalue weighted by atomic mass is 16.5. The minimum absolute atomic E-state index is 0.484. The van der Waals surface area contributed by atoms with Gasteiger partial charge in [-0.25, -0.2) is 0 Å². The summed E-state index contributed by atoms with van der Waals surface area (Å²) in [7, 11) is 0. The minimum Gasteiger partial charge on any atom is -0.437 e. The third-order valence-electron chi connectivity index (χ3n) is 3.19. The topological polar surface area (TPSA) is 61.0 Å². The fourth-order valence-corrected chi connectivity index (χ4v) is 2.14. The van der Waals surface area contributed by atoms with E-state index in [1.807, 2.05) is 55.5 Å². The Morgan fingerprint density at radius 2 is 1.80 bits per heavy atom. The quantitative estimate of drug-likeness (QED) is 0.790. The summed E-state index contributed by atoms with van der Waals surface area (Å²) in [6.07, 6.45) is 0. The molecule has 2 N–H and O–H groups in total. The zero-order valence-corrected chi connectivity index (χ0v) is 11.2. The van der Waals surface area contributed by atoms with E-state index in [1.165, 1.54) is 0 Å². The van der Waals surface area contributed by atoms with Gasteiger partial charge >= 0.3 is 0 Å². The predicted octanol–water partition coefficient (Wildman–Crippen LogP) is 3.19. The van der Waals surface area contributed by atoms with Gasteiger partial charge in [-0.1, -0.05) is 30.3 Å². The monoisotopic (exact) mass is 265 g/mol. The molecule has 0 aliphatic rings. The van der Waals surface area contributed by atoms with Gasteiger partial charge < -0.3 is 10.5 Å². The molecule has 0 saturated heterocycles. The smallest absolute Gasteiger partial charge is 0.246 e. The Morgan fingerprint density at radius 1 is 1.00 bits per heavy atom. The van der Waals surface area contributed by atoms with Crippen LogP contribution in [-0.2, 0) is 6.54 Å². The highest BCUT2D eigenvalue weighted by molar-refractivity contribution is 5.88. The van der Waals surface area contributed by atoms with Crippen molar-refractivity contribution in [2.75, 3.05) is 0 Å². The average molecular weight is 265 g/mol. The van der Waals surface area contributed by atoms with Gasteiger partial charge in [0, 0.05) is 17.3 Å². The van der Waals surface area contributed by atoms with Gasteiger partial charge in [0.15, 0.2) is 0 Å². The van der Waals surface area contributed by atoms with Crippen molar-refractivity contribution in [2.24, 2.45) is 5.73 Å². The zero-order chi connectivity index (χ0) is 13.9. The maximum absolute atomic E-state index is 5.86. The fraction of sp³-hybridized carbons (Fsp3) is 0.125. The molecule has 0 amide bonds. The van der Waals surface area contributed by atoms with Gasteiger partial charge in [0.1, 0.15) is 5.75 Å². The van der Waals surface area contributed by atoms with Gasteiger partial charge in [0.25, 0.3) is 0 Å². The molecule has 4 heteroatoms. The highest BCUT2D eigenvalue weighted by Gasteiger charge is 2.08. The molecule has 0 radical (unpaired) electrons. The molecule has 0 atom stereocenters. The van der Waals surface area contributed by atoms with E-state index in [9.17, 15) is 0 Å². The maximum atomic E-state index is 5.86. The van der Waals surface area contributed by atoms with Crippen molar-refractivity contribution < 1.29 is 4.74 Å². The van der Waals surface area contributed by atoms with Crippen molar-refractivity contribution in [2.45, 2.75) is 13.5 Å². The van der Waals surface area contributed by atoms with Crippen molar-refractivity contribution in [1.82, 2.24) is 10.2 Å². The van der Waals surface area contributed by atoms with Crippen LogP contribution in [0.2, 0.25) is 0 Å². The number of nitrogens with two attached hydrogens (primary N) is 1. The first-order valence-corrected chi connectivity index (χ1v) is 6.47. The molecule has 3 aromatic rings. The zero-order valence-electron chi connectivity index (χ0n) is 11.2. The normalized spacial score (nSPS) is 10.7. The lowest BCUT2D eigenvalue weighted by molar-refractivity contribution is 0.460. The SMILES string of the molecule is Cc1nnc(Oc2cccc(CN)c2)c2ccccc12. The third kappa shape index (κ3) is 2.33. The van der Waals surface area contributed by atoms with E-state index in [0.717, 1.165) is 27.8 Å². The molecule has 0 aliphatic heterocycles. The van der Waals surface area contributed by atoms with Crippen LogP contribution < -0.4 is 10.5 Å². The number of aromatic nitrogens is 2. The van der Waals surface area contributed by atoms with E-state index in [1.54, 1.807) is 0 Å². The largest absolute Gasteiger partial charge is 0.437 e. The molecule has 4 nitrogen and oxygen atoms in total. The molecular weight excluding hydrogens is 250 g/mol. The summed E-state index contributed by atoms with van der Waals surface area (Å²) in [5.74, 6) is 1.23. The summed E-state index contributed by atoms with van der Waals surface area (Å²) in [4.78, 5) is 0. The van der Waals surface area contributed by atoms with Crippen LogP contribution >= 0.6 is 0 Å². The summed E-state index contributed by atoms with van der Waals surface area (Å²) in [5, 5.41) is 10.3. The number of benzene rings is 2. The predicted molar refractivity (Wildman–Crippen MR) is 78.7 cm³/mol. The first-order chi connectivity index (χ1) is 9.78. The van der Waals surface area contributed by atoms with Crippen molar-refractivity contribution >= 4 is 10.8 Å². The van der Waals surface area contributed by atoms with Gasteiger partial charge in [0.05, 0.1) is 5.69 Å². The molecule has 2 aromatic carbocycles. The first kappa shape index (κ1) is 12.6. The minimum atomic E-state index is 0.484. The Kier molecular flexibility index (Phi) is 3.31. The maximum Gasteiger partial charge on any atom is 0.246 e. The lowest BCUT2D eigenvalue weighted by atomic mass is 10.1. The summed E-state index contributed by atoms with van der Waals surface area (Å²) in [6, 6.07) is 15.6. The van der Waals surface area contributed by atoms with Crippen LogP contribution in [0.15, 0.2) is 48.5 Å².